The molecule has 0 aliphatic rings. The van der Waals surface area contributed by atoms with Gasteiger partial charge >= 0.3 is 0 Å². The molecular formula is C14H32PY-. The summed E-state index contributed by atoms with van der Waals surface area (Å²) in [6, 6.07) is 0. The summed E-state index contributed by atoms with van der Waals surface area (Å²) in [6.45, 7) is 10.5. The minimum atomic E-state index is 0. The average Bonchev–Trinajstić information content (AvgIpc) is 2.26. The molecule has 0 amide bonds. The van der Waals surface area contributed by atoms with Crippen LogP contribution in [0.25, 0.3) is 0 Å². The van der Waals surface area contributed by atoms with Crippen molar-refractivity contribution in [1.82, 2.24) is 0 Å². The van der Waals surface area contributed by atoms with Gasteiger partial charge in [0.1, 0.15) is 0 Å². The first-order valence-corrected chi connectivity index (χ1v) is 8.24. The van der Waals surface area contributed by atoms with Crippen molar-refractivity contribution in [2.45, 2.75) is 72.1 Å². The number of rotatable bonds is 9. The fraction of sp³-hybridized carbons (Fsp3) is 0.929. The monoisotopic (exact) mass is 320 g/mol. The van der Waals surface area contributed by atoms with Crippen LogP contribution in [0.2, 0.25) is 0 Å². The van der Waals surface area contributed by atoms with Crippen LogP contribution in [0.1, 0.15) is 72.1 Å². The Bertz CT molecular complexity index is 76.8. The van der Waals surface area contributed by atoms with Gasteiger partial charge in [0.05, 0.1) is 0 Å². The minimum absolute atomic E-state index is 0. The zero-order valence-electron chi connectivity index (χ0n) is 11.9. The zero-order valence-corrected chi connectivity index (χ0v) is 15.7. The van der Waals surface area contributed by atoms with E-state index in [9.17, 15) is 0 Å². The van der Waals surface area contributed by atoms with Crippen molar-refractivity contribution in [3.05, 3.63) is 6.92 Å². The van der Waals surface area contributed by atoms with E-state index in [2.05, 4.69) is 27.7 Å². The fourth-order valence-corrected chi connectivity index (χ4v) is 2.13. The molecule has 0 N–H and O–H groups in total. The van der Waals surface area contributed by atoms with E-state index in [1.165, 1.54) is 65.9 Å². The van der Waals surface area contributed by atoms with Gasteiger partial charge in [0.2, 0.25) is 0 Å². The normalized spacial score (nSPS) is 9.75. The van der Waals surface area contributed by atoms with E-state index in [-0.39, 0.29) is 32.7 Å². The topological polar surface area (TPSA) is 0 Å². The Morgan fingerprint density at radius 2 is 1.38 bits per heavy atom. The smallest absolute Gasteiger partial charge is 0 e. The summed E-state index contributed by atoms with van der Waals surface area (Å²) in [7, 11) is 1.22. The van der Waals surface area contributed by atoms with Gasteiger partial charge in [-0.2, -0.15) is 6.42 Å². The summed E-state index contributed by atoms with van der Waals surface area (Å²) in [6.07, 6.45) is 13.7. The van der Waals surface area contributed by atoms with Gasteiger partial charge in [0.25, 0.3) is 0 Å². The Morgan fingerprint density at radius 1 is 0.812 bits per heavy atom. The Morgan fingerprint density at radius 3 is 1.81 bits per heavy atom. The van der Waals surface area contributed by atoms with E-state index in [0.717, 1.165) is 6.42 Å². The number of unbranched alkanes of at least 4 members (excludes halogenated alkanes) is 6. The van der Waals surface area contributed by atoms with Crippen LogP contribution >= 0.6 is 8.58 Å². The predicted molar refractivity (Wildman–Crippen MR) is 77.4 cm³/mol. The van der Waals surface area contributed by atoms with Crippen LogP contribution < -0.4 is 0 Å². The van der Waals surface area contributed by atoms with E-state index in [1.807, 2.05) is 0 Å². The summed E-state index contributed by atoms with van der Waals surface area (Å²) in [5.74, 6) is 0. The first kappa shape index (κ1) is 22.7. The molecule has 0 spiro atoms. The van der Waals surface area contributed by atoms with Gasteiger partial charge in [-0.1, -0.05) is 59.3 Å². The second-order valence-corrected chi connectivity index (χ2v) is 5.68. The summed E-state index contributed by atoms with van der Waals surface area (Å²) in [5.41, 5.74) is 0. The van der Waals surface area contributed by atoms with Gasteiger partial charge in [-0.15, -0.1) is 8.58 Å². The predicted octanol–water partition coefficient (Wildman–Crippen LogP) is 5.66. The minimum Gasteiger partial charge on any atom is -0.343 e. The number of hydrogen-bond donors (Lipinski definition) is 0. The van der Waals surface area contributed by atoms with Gasteiger partial charge in [-0.05, 0) is 18.7 Å². The molecule has 0 aliphatic heterocycles. The third kappa shape index (κ3) is 29.6. The third-order valence-corrected chi connectivity index (χ3v) is 3.52. The van der Waals surface area contributed by atoms with Crippen molar-refractivity contribution in [1.29, 1.82) is 0 Å². The van der Waals surface area contributed by atoms with Crippen molar-refractivity contribution in [3.8, 4) is 0 Å². The Balaban J connectivity index is -0.000000200. The standard InChI is InChI=1S/C7H17P.C7H15.Y/c1-3-5-6-7-8-4-2;1-3-5-7-6-4-2;/h8H,3-7H2,1-2H3;1,3-7H2,2H3;/q;-1;. The van der Waals surface area contributed by atoms with Crippen molar-refractivity contribution in [3.63, 3.8) is 0 Å². The Labute approximate surface area is 132 Å². The average molecular weight is 320 g/mol. The van der Waals surface area contributed by atoms with Gasteiger partial charge in [-0.25, -0.2) is 0 Å². The van der Waals surface area contributed by atoms with E-state index < -0.39 is 0 Å². The first-order chi connectivity index (χ1) is 7.33. The van der Waals surface area contributed by atoms with Gasteiger partial charge in [-0.3, -0.25) is 0 Å². The molecule has 0 aromatic rings. The van der Waals surface area contributed by atoms with Crippen molar-refractivity contribution in [2.24, 2.45) is 0 Å². The molecular weight excluding hydrogens is 288 g/mol. The van der Waals surface area contributed by atoms with Crippen LogP contribution in [-0.4, -0.2) is 12.3 Å². The molecule has 1 radical (unpaired) electrons. The van der Waals surface area contributed by atoms with Crippen LogP contribution in [-0.2, 0) is 32.7 Å². The van der Waals surface area contributed by atoms with Gasteiger partial charge in [0, 0.05) is 32.7 Å². The summed E-state index contributed by atoms with van der Waals surface area (Å²) in [4.78, 5) is 0. The fourth-order valence-electron chi connectivity index (χ4n) is 1.28. The Kier molecular flexibility index (Phi) is 36.0. The zero-order chi connectivity index (χ0) is 11.8. The largest absolute Gasteiger partial charge is 0.343 e. The maximum Gasteiger partial charge on any atom is 0 e. The molecule has 0 rings (SSSR count). The van der Waals surface area contributed by atoms with E-state index in [0.29, 0.717) is 0 Å². The first-order valence-electron chi connectivity index (χ1n) is 6.83. The van der Waals surface area contributed by atoms with E-state index in [1.54, 1.807) is 0 Å². The summed E-state index contributed by atoms with van der Waals surface area (Å²) < 4.78 is 0. The molecule has 0 aromatic heterocycles. The van der Waals surface area contributed by atoms with Crippen molar-refractivity contribution in [2.75, 3.05) is 12.3 Å². The van der Waals surface area contributed by atoms with Gasteiger partial charge < -0.3 is 6.92 Å². The van der Waals surface area contributed by atoms with E-state index in [4.69, 9.17) is 0 Å². The second kappa shape index (κ2) is 25.4. The Hall–Kier alpha value is 1.53. The molecule has 97 valence electrons. The van der Waals surface area contributed by atoms with Crippen LogP contribution in [0.4, 0.5) is 0 Å². The molecule has 0 fully saturated rings. The SMILES string of the molecule is CCCCCPCC.[CH2-]CCCCCC.[Y]. The molecule has 0 aliphatic carbocycles. The second-order valence-electron chi connectivity index (χ2n) is 3.97. The van der Waals surface area contributed by atoms with Crippen LogP contribution in [0.5, 0.6) is 0 Å². The quantitative estimate of drug-likeness (QED) is 0.292. The summed E-state index contributed by atoms with van der Waals surface area (Å²) >= 11 is 0. The molecule has 1 atom stereocenters. The molecule has 0 heterocycles. The van der Waals surface area contributed by atoms with Crippen molar-refractivity contribution >= 4 is 8.58 Å². The molecule has 0 bridgehead atoms. The maximum absolute atomic E-state index is 3.76. The molecule has 0 saturated heterocycles. The van der Waals surface area contributed by atoms with Crippen LogP contribution in [0, 0.1) is 6.92 Å². The molecule has 0 nitrogen and oxygen atoms in total. The van der Waals surface area contributed by atoms with Crippen LogP contribution in [0.3, 0.4) is 0 Å². The van der Waals surface area contributed by atoms with Crippen molar-refractivity contribution < 1.29 is 32.7 Å². The van der Waals surface area contributed by atoms with Crippen LogP contribution in [0.15, 0.2) is 0 Å². The van der Waals surface area contributed by atoms with Gasteiger partial charge in [0.15, 0.2) is 0 Å². The molecule has 0 aromatic carbocycles. The molecule has 1 unspecified atom stereocenters. The molecule has 16 heavy (non-hydrogen) atoms. The molecule has 2 heteroatoms. The number of hydrogen-bond acceptors (Lipinski definition) is 0. The summed E-state index contributed by atoms with van der Waals surface area (Å²) in [5, 5.41) is 0. The molecule has 0 saturated carbocycles. The van der Waals surface area contributed by atoms with E-state index >= 15 is 0 Å². The third-order valence-electron chi connectivity index (χ3n) is 2.31. The maximum atomic E-state index is 3.76.